The highest BCUT2D eigenvalue weighted by Crippen LogP contribution is 2.49. The zero-order valence-electron chi connectivity index (χ0n) is 39.4. The van der Waals surface area contributed by atoms with E-state index in [-0.39, 0.29) is 12.8 Å². The summed E-state index contributed by atoms with van der Waals surface area (Å²) in [5.74, 6) is -0.286. The fraction of sp³-hybridized carbons (Fsp3) is 0.933. The van der Waals surface area contributed by atoms with Gasteiger partial charge in [-0.15, -0.1) is 0 Å². The number of carbonyl (C=O) groups excluding carboxylic acids is 3. The first kappa shape index (κ1) is 62.0. The zero-order chi connectivity index (χ0) is 48.4. The molecule has 0 aromatic carbocycles. The molecule has 0 saturated heterocycles. The summed E-state index contributed by atoms with van der Waals surface area (Å²) >= 11 is 1.47. The largest absolute Gasteiger partial charge is 0.472 e. The molecule has 8 atom stereocenters. The Morgan fingerprint density at radius 2 is 0.908 bits per heavy atom. The quantitative estimate of drug-likeness (QED) is 0.0171. The maximum absolute atomic E-state index is 13.0. The molecule has 4 unspecified atom stereocenters. The second-order valence-electron chi connectivity index (χ2n) is 17.5. The average Bonchev–Trinajstić information content (AvgIpc) is 3.25. The molecular weight excluding hydrogens is 906 g/mol. The van der Waals surface area contributed by atoms with Crippen LogP contribution in [0.1, 0.15) is 206 Å². The van der Waals surface area contributed by atoms with Gasteiger partial charge in [0.2, 0.25) is 0 Å². The minimum absolute atomic E-state index is 0.0423. The van der Waals surface area contributed by atoms with Crippen LogP contribution in [0.5, 0.6) is 0 Å². The van der Waals surface area contributed by atoms with E-state index in [0.29, 0.717) is 24.4 Å². The van der Waals surface area contributed by atoms with Crippen molar-refractivity contribution in [2.75, 3.05) is 19.0 Å². The number of hydrogen-bond donors (Lipinski definition) is 7. The molecule has 0 aromatic rings. The number of aliphatic hydroxyl groups excluding tert-OH is 4. The number of hydrogen-bond acceptors (Lipinski definition) is 15. The summed E-state index contributed by atoms with van der Waals surface area (Å²) in [5.41, 5.74) is 0. The van der Waals surface area contributed by atoms with Crippen molar-refractivity contribution < 1.29 is 81.7 Å². The Bertz CT molecular complexity index is 1340. The summed E-state index contributed by atoms with van der Waals surface area (Å²) in [6.45, 7) is 2.89. The monoisotopic (exact) mass is 993 g/mol. The van der Waals surface area contributed by atoms with Crippen LogP contribution in [0.2, 0.25) is 0 Å². The maximum Gasteiger partial charge on any atom is 0.472 e. The molecule has 20 heteroatoms. The first-order chi connectivity index (χ1) is 31.0. The molecule has 65 heavy (non-hydrogen) atoms. The number of aliphatic hydroxyl groups is 4. The van der Waals surface area contributed by atoms with Crippen molar-refractivity contribution in [3.63, 3.8) is 0 Å². The van der Waals surface area contributed by atoms with E-state index < -0.39 is 83.5 Å². The second kappa shape index (κ2) is 37.9. The molecule has 1 rings (SSSR count). The summed E-state index contributed by atoms with van der Waals surface area (Å²) in [6, 6.07) is 0. The first-order valence-electron chi connectivity index (χ1n) is 24.6. The van der Waals surface area contributed by atoms with Crippen LogP contribution < -0.4 is 0 Å². The molecule has 0 aromatic heterocycles. The van der Waals surface area contributed by atoms with E-state index in [0.717, 1.165) is 70.0 Å². The Morgan fingerprint density at radius 3 is 1.35 bits per heavy atom. The lowest BCUT2D eigenvalue weighted by Crippen LogP contribution is -2.64. The van der Waals surface area contributed by atoms with Crippen LogP contribution in [-0.2, 0) is 46.6 Å². The third kappa shape index (κ3) is 32.5. The van der Waals surface area contributed by atoms with Crippen molar-refractivity contribution in [1.82, 2.24) is 0 Å². The Hall–Kier alpha value is -0.980. The molecule has 1 saturated carbocycles. The van der Waals surface area contributed by atoms with Crippen molar-refractivity contribution in [1.29, 1.82) is 0 Å². The Kier molecular flexibility index (Phi) is 36.1. The van der Waals surface area contributed by atoms with Gasteiger partial charge in [0.05, 0.1) is 6.61 Å². The van der Waals surface area contributed by atoms with Crippen molar-refractivity contribution >= 4 is 44.5 Å². The van der Waals surface area contributed by atoms with Crippen LogP contribution in [0.15, 0.2) is 0 Å². The van der Waals surface area contributed by atoms with Crippen molar-refractivity contribution in [3.05, 3.63) is 0 Å². The number of carbonyl (C=O) groups is 3. The highest BCUT2D eigenvalue weighted by Gasteiger charge is 2.54. The van der Waals surface area contributed by atoms with Gasteiger partial charge in [-0.25, -0.2) is 9.13 Å². The lowest BCUT2D eigenvalue weighted by Gasteiger charge is -2.43. The standard InChI is InChI=1S/C45H86O17P2S/c1-3-5-6-7-8-9-10-12-16-19-22-25-28-32-38(47)60-36(35-59-64(56,57)62-45-42(51)40(49)41(50)44(43(45)52)61-63(53,54)55)34-58-37(46)31-27-24-21-18-15-13-11-14-17-20-23-26-29-33-65-39(48)30-4-2/h36,40-45,49-52H,3-35H2,1-2H3,(H,56,57)(H2,53,54,55)/t36-,40-,41?,42-,43?,44+,45?/m1/s1. The van der Waals surface area contributed by atoms with E-state index in [1.54, 1.807) is 0 Å². The number of ether oxygens (including phenoxy) is 2. The van der Waals surface area contributed by atoms with Crippen molar-refractivity contribution in [3.8, 4) is 0 Å². The summed E-state index contributed by atoms with van der Waals surface area (Å²) in [7, 11) is -10.7. The van der Waals surface area contributed by atoms with E-state index in [9.17, 15) is 58.6 Å². The number of rotatable bonds is 42. The van der Waals surface area contributed by atoms with Crippen molar-refractivity contribution in [2.45, 2.75) is 249 Å². The molecule has 0 radical (unpaired) electrons. The predicted molar refractivity (Wildman–Crippen MR) is 250 cm³/mol. The van der Waals surface area contributed by atoms with E-state index in [1.807, 2.05) is 6.92 Å². The highest BCUT2D eigenvalue weighted by atomic mass is 32.2. The molecular formula is C45H86O17P2S. The molecule has 0 bridgehead atoms. The fourth-order valence-corrected chi connectivity index (χ4v) is 10.1. The molecule has 17 nitrogen and oxygen atoms in total. The van der Waals surface area contributed by atoms with Gasteiger partial charge in [0, 0.05) is 25.0 Å². The smallest absolute Gasteiger partial charge is 0.462 e. The highest BCUT2D eigenvalue weighted by molar-refractivity contribution is 8.13. The SMILES string of the molecule is CCCCCCCCCCCCCCCC(=O)O[C@H](COC(=O)CCCCCCCCCCCCCCCSC(=O)CCC)COP(=O)(O)OC1C(O)[C@@H](OP(=O)(O)O)C(O)[C@@H](O)[C@H]1O. The number of unbranched alkanes of at least 4 members (excludes halogenated alkanes) is 24. The maximum atomic E-state index is 13.0. The van der Waals surface area contributed by atoms with E-state index in [1.165, 1.54) is 108 Å². The Balaban J connectivity index is 2.52. The molecule has 7 N–H and O–H groups in total. The van der Waals surface area contributed by atoms with Crippen LogP contribution in [0.4, 0.5) is 0 Å². The summed E-state index contributed by atoms with van der Waals surface area (Å²) in [6.07, 6.45) is 15.6. The minimum Gasteiger partial charge on any atom is -0.462 e. The number of esters is 2. The van der Waals surface area contributed by atoms with Gasteiger partial charge in [-0.05, 0) is 25.7 Å². The molecule has 1 fully saturated rings. The topological polar surface area (TPSA) is 273 Å². The van der Waals surface area contributed by atoms with E-state index >= 15 is 0 Å². The fourth-order valence-electron chi connectivity index (χ4n) is 7.64. The van der Waals surface area contributed by atoms with Gasteiger partial charge in [0.1, 0.15) is 43.2 Å². The molecule has 0 aliphatic heterocycles. The summed E-state index contributed by atoms with van der Waals surface area (Å²) < 4.78 is 49.4. The van der Waals surface area contributed by atoms with Gasteiger partial charge in [-0.2, -0.15) is 0 Å². The van der Waals surface area contributed by atoms with Crippen LogP contribution in [0.3, 0.4) is 0 Å². The average molecular weight is 993 g/mol. The molecule has 0 spiro atoms. The molecule has 1 aliphatic carbocycles. The van der Waals surface area contributed by atoms with Gasteiger partial charge in [-0.1, -0.05) is 173 Å². The van der Waals surface area contributed by atoms with Gasteiger partial charge in [0.15, 0.2) is 11.2 Å². The third-order valence-corrected chi connectivity index (χ3v) is 14.0. The van der Waals surface area contributed by atoms with E-state index in [2.05, 4.69) is 11.4 Å². The number of phosphoric acid groups is 2. The van der Waals surface area contributed by atoms with Gasteiger partial charge < -0.3 is 44.6 Å². The molecule has 384 valence electrons. The van der Waals surface area contributed by atoms with Crippen LogP contribution in [0, 0.1) is 0 Å². The van der Waals surface area contributed by atoms with Gasteiger partial charge >= 0.3 is 27.6 Å². The Morgan fingerprint density at radius 1 is 0.492 bits per heavy atom. The van der Waals surface area contributed by atoms with Crippen molar-refractivity contribution in [2.24, 2.45) is 0 Å². The Labute approximate surface area is 393 Å². The third-order valence-electron chi connectivity index (χ3n) is 11.4. The lowest BCUT2D eigenvalue weighted by molar-refractivity contribution is -0.216. The van der Waals surface area contributed by atoms with Crippen LogP contribution in [-0.4, -0.2) is 114 Å². The number of phosphoric ester groups is 2. The molecule has 1 aliphatic rings. The van der Waals surface area contributed by atoms with Crippen LogP contribution >= 0.6 is 27.4 Å². The molecule has 0 amide bonds. The normalized spacial score (nSPS) is 21.5. The minimum atomic E-state index is -5.37. The van der Waals surface area contributed by atoms with Gasteiger partial charge in [-0.3, -0.25) is 28.0 Å². The zero-order valence-corrected chi connectivity index (χ0v) is 42.0. The van der Waals surface area contributed by atoms with E-state index in [4.69, 9.17) is 18.5 Å². The predicted octanol–water partition coefficient (Wildman–Crippen LogP) is 8.88. The number of thioether (sulfide) groups is 1. The summed E-state index contributed by atoms with van der Waals surface area (Å²) in [5, 5.41) is 41.5. The first-order valence-corrected chi connectivity index (χ1v) is 28.6. The second-order valence-corrected chi connectivity index (χ2v) is 21.2. The summed E-state index contributed by atoms with van der Waals surface area (Å²) in [4.78, 5) is 65.9. The van der Waals surface area contributed by atoms with Gasteiger partial charge in [0.25, 0.3) is 0 Å². The molecule has 0 heterocycles. The van der Waals surface area contributed by atoms with Crippen LogP contribution in [0.25, 0.3) is 0 Å². The lowest BCUT2D eigenvalue weighted by atomic mass is 9.85.